The highest BCUT2D eigenvalue weighted by Gasteiger charge is 2.14. The molecule has 0 saturated heterocycles. The summed E-state index contributed by atoms with van der Waals surface area (Å²) in [5, 5.41) is 10.6. The Balaban J connectivity index is 2.90. The standard InChI is InChI=1S/C9H9ClN2O4/c1-2-16-8(13)4-6-3-7(12(14)15)5-11-9(6)10/h3,5H,2,4H2,1H3. The van der Waals surface area contributed by atoms with Crippen LogP contribution in [0.5, 0.6) is 0 Å². The van der Waals surface area contributed by atoms with Crippen LogP contribution in [0.3, 0.4) is 0 Å². The molecule has 0 aromatic carbocycles. The van der Waals surface area contributed by atoms with Gasteiger partial charge in [0.1, 0.15) is 11.3 Å². The van der Waals surface area contributed by atoms with Gasteiger partial charge in [-0.05, 0) is 6.92 Å². The first-order valence-corrected chi connectivity index (χ1v) is 4.86. The van der Waals surface area contributed by atoms with Crippen LogP contribution in [0, 0.1) is 10.1 Å². The third-order valence-electron chi connectivity index (χ3n) is 1.75. The highest BCUT2D eigenvalue weighted by atomic mass is 35.5. The van der Waals surface area contributed by atoms with E-state index in [2.05, 4.69) is 4.98 Å². The Morgan fingerprint density at radius 3 is 2.94 bits per heavy atom. The molecule has 7 heteroatoms. The molecule has 0 bridgehead atoms. The van der Waals surface area contributed by atoms with E-state index in [1.807, 2.05) is 0 Å². The van der Waals surface area contributed by atoms with Gasteiger partial charge in [0.05, 0.1) is 18.0 Å². The molecule has 1 rings (SSSR count). The van der Waals surface area contributed by atoms with Crippen molar-refractivity contribution in [1.82, 2.24) is 4.98 Å². The molecule has 86 valence electrons. The lowest BCUT2D eigenvalue weighted by molar-refractivity contribution is -0.385. The zero-order valence-electron chi connectivity index (χ0n) is 8.47. The van der Waals surface area contributed by atoms with Crippen molar-refractivity contribution in [3.63, 3.8) is 0 Å². The molecule has 1 heterocycles. The van der Waals surface area contributed by atoms with Gasteiger partial charge in [-0.25, -0.2) is 4.98 Å². The van der Waals surface area contributed by atoms with Crippen molar-refractivity contribution < 1.29 is 14.5 Å². The van der Waals surface area contributed by atoms with Crippen molar-refractivity contribution in [3.8, 4) is 0 Å². The topological polar surface area (TPSA) is 82.3 Å². The second kappa shape index (κ2) is 5.41. The summed E-state index contributed by atoms with van der Waals surface area (Å²) in [6.45, 7) is 1.92. The number of rotatable bonds is 4. The van der Waals surface area contributed by atoms with Gasteiger partial charge in [0.25, 0.3) is 5.69 Å². The highest BCUT2D eigenvalue weighted by molar-refractivity contribution is 6.30. The molecule has 0 N–H and O–H groups in total. The molecule has 0 aliphatic carbocycles. The van der Waals surface area contributed by atoms with E-state index in [1.54, 1.807) is 6.92 Å². The quantitative estimate of drug-likeness (QED) is 0.349. The maximum absolute atomic E-state index is 11.2. The van der Waals surface area contributed by atoms with Crippen molar-refractivity contribution in [2.24, 2.45) is 0 Å². The first kappa shape index (κ1) is 12.4. The first-order valence-electron chi connectivity index (χ1n) is 4.49. The summed E-state index contributed by atoms with van der Waals surface area (Å²) in [7, 11) is 0. The highest BCUT2D eigenvalue weighted by Crippen LogP contribution is 2.19. The predicted molar refractivity (Wildman–Crippen MR) is 56.2 cm³/mol. The zero-order valence-corrected chi connectivity index (χ0v) is 9.23. The molecule has 0 aliphatic rings. The summed E-state index contributed by atoms with van der Waals surface area (Å²) in [6.07, 6.45) is 0.915. The van der Waals surface area contributed by atoms with E-state index in [1.165, 1.54) is 6.07 Å². The number of hydrogen-bond acceptors (Lipinski definition) is 5. The fourth-order valence-corrected chi connectivity index (χ4v) is 1.24. The summed E-state index contributed by atoms with van der Waals surface area (Å²) < 4.78 is 4.71. The number of ether oxygens (including phenoxy) is 1. The van der Waals surface area contributed by atoms with Crippen molar-refractivity contribution in [3.05, 3.63) is 33.1 Å². The van der Waals surface area contributed by atoms with E-state index >= 15 is 0 Å². The molecule has 0 amide bonds. The summed E-state index contributed by atoms with van der Waals surface area (Å²) in [6, 6.07) is 1.21. The number of hydrogen-bond donors (Lipinski definition) is 0. The third-order valence-corrected chi connectivity index (χ3v) is 2.09. The van der Waals surface area contributed by atoms with Crippen LogP contribution in [0.4, 0.5) is 5.69 Å². The number of pyridine rings is 1. The van der Waals surface area contributed by atoms with Crippen LogP contribution in [-0.4, -0.2) is 22.5 Å². The van der Waals surface area contributed by atoms with Crippen LogP contribution < -0.4 is 0 Å². The van der Waals surface area contributed by atoms with Gasteiger partial charge in [0.15, 0.2) is 0 Å². The van der Waals surface area contributed by atoms with E-state index in [9.17, 15) is 14.9 Å². The van der Waals surface area contributed by atoms with Crippen LogP contribution in [0.1, 0.15) is 12.5 Å². The minimum absolute atomic E-state index is 0.0682. The lowest BCUT2D eigenvalue weighted by Crippen LogP contribution is -2.08. The Morgan fingerprint density at radius 2 is 2.38 bits per heavy atom. The number of esters is 1. The number of nitro groups is 1. The second-order valence-corrected chi connectivity index (χ2v) is 3.24. The summed E-state index contributed by atoms with van der Waals surface area (Å²) >= 11 is 5.70. The Hall–Kier alpha value is -1.69. The van der Waals surface area contributed by atoms with Gasteiger partial charge in [-0.15, -0.1) is 0 Å². The van der Waals surface area contributed by atoms with Crippen LogP contribution >= 0.6 is 11.6 Å². The number of halogens is 1. The molecule has 0 radical (unpaired) electrons. The Morgan fingerprint density at radius 1 is 1.69 bits per heavy atom. The van der Waals surface area contributed by atoms with E-state index < -0.39 is 10.9 Å². The molecule has 0 atom stereocenters. The molecule has 0 saturated carbocycles. The normalized spacial score (nSPS) is 9.88. The molecule has 16 heavy (non-hydrogen) atoms. The van der Waals surface area contributed by atoms with Gasteiger partial charge in [0.2, 0.25) is 0 Å². The van der Waals surface area contributed by atoms with E-state index in [0.29, 0.717) is 0 Å². The van der Waals surface area contributed by atoms with Gasteiger partial charge in [0, 0.05) is 11.6 Å². The number of nitrogens with zero attached hydrogens (tertiary/aromatic N) is 2. The van der Waals surface area contributed by atoms with Gasteiger partial charge in [-0.1, -0.05) is 11.6 Å². The monoisotopic (exact) mass is 244 g/mol. The molecule has 1 aromatic rings. The molecular formula is C9H9ClN2O4. The predicted octanol–water partition coefficient (Wildman–Crippen LogP) is 1.75. The van der Waals surface area contributed by atoms with Crippen LogP contribution in [0.2, 0.25) is 5.15 Å². The van der Waals surface area contributed by atoms with Gasteiger partial charge in [-0.2, -0.15) is 0 Å². The van der Waals surface area contributed by atoms with Gasteiger partial charge < -0.3 is 4.74 Å². The van der Waals surface area contributed by atoms with Crippen LogP contribution in [0.15, 0.2) is 12.3 Å². The van der Waals surface area contributed by atoms with E-state index in [4.69, 9.17) is 16.3 Å². The molecule has 0 fully saturated rings. The minimum Gasteiger partial charge on any atom is -0.466 e. The lowest BCUT2D eigenvalue weighted by Gasteiger charge is -2.03. The summed E-state index contributed by atoms with van der Waals surface area (Å²) in [5.41, 5.74) is 0.0815. The largest absolute Gasteiger partial charge is 0.466 e. The summed E-state index contributed by atoms with van der Waals surface area (Å²) in [4.78, 5) is 24.7. The lowest BCUT2D eigenvalue weighted by atomic mass is 10.2. The van der Waals surface area contributed by atoms with Crippen LogP contribution in [0.25, 0.3) is 0 Å². The average molecular weight is 245 g/mol. The smallest absolute Gasteiger partial charge is 0.310 e. The maximum Gasteiger partial charge on any atom is 0.310 e. The Labute approximate surface area is 96.3 Å². The Kier molecular flexibility index (Phi) is 4.19. The van der Waals surface area contributed by atoms with Crippen molar-refractivity contribution in [2.45, 2.75) is 13.3 Å². The van der Waals surface area contributed by atoms with Crippen molar-refractivity contribution in [1.29, 1.82) is 0 Å². The molecule has 1 aromatic heterocycles. The van der Waals surface area contributed by atoms with Crippen LogP contribution in [-0.2, 0) is 16.0 Å². The van der Waals surface area contributed by atoms with E-state index in [0.717, 1.165) is 6.20 Å². The number of carbonyl (C=O) groups is 1. The van der Waals surface area contributed by atoms with Crippen molar-refractivity contribution >= 4 is 23.3 Å². The Bertz CT molecular complexity index is 422. The van der Waals surface area contributed by atoms with E-state index in [-0.39, 0.29) is 29.4 Å². The maximum atomic E-state index is 11.2. The fraction of sp³-hybridized carbons (Fsp3) is 0.333. The second-order valence-electron chi connectivity index (χ2n) is 2.88. The molecule has 0 unspecified atom stereocenters. The fourth-order valence-electron chi connectivity index (χ4n) is 1.07. The average Bonchev–Trinajstić information content (AvgIpc) is 2.21. The summed E-state index contributed by atoms with van der Waals surface area (Å²) in [5.74, 6) is -0.494. The first-order chi connectivity index (χ1) is 7.54. The molecule has 0 spiro atoms. The minimum atomic E-state index is -0.599. The SMILES string of the molecule is CCOC(=O)Cc1cc([N+](=O)[O-])cnc1Cl. The van der Waals surface area contributed by atoms with Gasteiger partial charge >= 0.3 is 5.97 Å². The number of aromatic nitrogens is 1. The molecule has 0 aliphatic heterocycles. The third kappa shape index (κ3) is 3.16. The van der Waals surface area contributed by atoms with Crippen molar-refractivity contribution in [2.75, 3.05) is 6.61 Å². The van der Waals surface area contributed by atoms with Gasteiger partial charge in [-0.3, -0.25) is 14.9 Å². The zero-order chi connectivity index (χ0) is 12.1. The molecular weight excluding hydrogens is 236 g/mol. The number of carbonyl (C=O) groups excluding carboxylic acids is 1. The molecule has 6 nitrogen and oxygen atoms in total.